The first kappa shape index (κ1) is 13.2. The number of benzene rings is 1. The van der Waals surface area contributed by atoms with E-state index in [2.05, 4.69) is 19.9 Å². The Morgan fingerprint density at radius 3 is 2.60 bits per heavy atom. The van der Waals surface area contributed by atoms with E-state index < -0.39 is 0 Å². The number of rotatable bonds is 5. The van der Waals surface area contributed by atoms with Gasteiger partial charge in [-0.2, -0.15) is 0 Å². The Hall–Kier alpha value is -1.84. The van der Waals surface area contributed by atoms with E-state index in [-0.39, 0.29) is 10.6 Å². The summed E-state index contributed by atoms with van der Waals surface area (Å²) in [5.41, 5.74) is 1.55. The first-order valence-corrected chi connectivity index (χ1v) is 7.09. The molecule has 20 heavy (non-hydrogen) atoms. The maximum absolute atomic E-state index is 10.6. The number of fused-ring (bicyclic) bond motifs is 1. The standard InChI is InChI=1S/C16H19NO3/c1-11(2)16-8-7-15(14(16)9-16)20-10-12-3-5-13(6-4-12)17(18)19/h3-7,11,14H,8-10H2,1-2H3/t14-,16-/m1/s1. The summed E-state index contributed by atoms with van der Waals surface area (Å²) in [5, 5.41) is 10.6. The third-order valence-electron chi connectivity index (χ3n) is 4.85. The molecule has 1 aromatic carbocycles. The molecule has 0 heterocycles. The van der Waals surface area contributed by atoms with Gasteiger partial charge in [-0.05, 0) is 47.9 Å². The second-order valence-electron chi connectivity index (χ2n) is 6.17. The third-order valence-corrected chi connectivity index (χ3v) is 4.85. The lowest BCUT2D eigenvalue weighted by Gasteiger charge is -2.15. The summed E-state index contributed by atoms with van der Waals surface area (Å²) < 4.78 is 5.91. The van der Waals surface area contributed by atoms with Crippen molar-refractivity contribution in [1.82, 2.24) is 0 Å². The van der Waals surface area contributed by atoms with Crippen LogP contribution in [-0.2, 0) is 11.3 Å². The molecule has 0 radical (unpaired) electrons. The van der Waals surface area contributed by atoms with Crippen molar-refractivity contribution in [3.05, 3.63) is 51.8 Å². The molecule has 4 heteroatoms. The molecule has 2 aliphatic rings. The van der Waals surface area contributed by atoms with Crippen molar-refractivity contribution in [2.75, 3.05) is 0 Å². The van der Waals surface area contributed by atoms with E-state index in [4.69, 9.17) is 4.74 Å². The Bertz CT molecular complexity index is 562. The van der Waals surface area contributed by atoms with Gasteiger partial charge >= 0.3 is 0 Å². The minimum atomic E-state index is -0.384. The highest BCUT2D eigenvalue weighted by molar-refractivity contribution is 5.33. The Morgan fingerprint density at radius 1 is 1.40 bits per heavy atom. The Labute approximate surface area is 118 Å². The number of nitro groups is 1. The van der Waals surface area contributed by atoms with Gasteiger partial charge in [0, 0.05) is 18.1 Å². The SMILES string of the molecule is CC(C)[C@]12CC=C(OCc3ccc([N+](=O)[O-])cc3)[C@H]1C2. The van der Waals surface area contributed by atoms with Crippen molar-refractivity contribution in [3.8, 4) is 0 Å². The molecule has 3 rings (SSSR count). The monoisotopic (exact) mass is 273 g/mol. The molecule has 106 valence electrons. The molecule has 0 aliphatic heterocycles. The van der Waals surface area contributed by atoms with Crippen LogP contribution in [0.25, 0.3) is 0 Å². The molecule has 1 saturated carbocycles. The molecule has 1 fully saturated rings. The average molecular weight is 273 g/mol. The van der Waals surface area contributed by atoms with Crippen molar-refractivity contribution in [2.45, 2.75) is 33.3 Å². The maximum Gasteiger partial charge on any atom is 0.269 e. The molecule has 2 atom stereocenters. The lowest BCUT2D eigenvalue weighted by Crippen LogP contribution is -2.08. The second kappa shape index (κ2) is 4.62. The van der Waals surface area contributed by atoms with Crippen LogP contribution in [-0.4, -0.2) is 4.92 Å². The van der Waals surface area contributed by atoms with Gasteiger partial charge in [0.2, 0.25) is 0 Å². The largest absolute Gasteiger partial charge is 0.493 e. The number of non-ortho nitro benzene ring substituents is 1. The topological polar surface area (TPSA) is 52.4 Å². The van der Waals surface area contributed by atoms with E-state index >= 15 is 0 Å². The average Bonchev–Trinajstić information content (AvgIpc) is 3.07. The van der Waals surface area contributed by atoms with Gasteiger partial charge < -0.3 is 4.74 Å². The third kappa shape index (κ3) is 2.09. The summed E-state index contributed by atoms with van der Waals surface area (Å²) in [6.07, 6.45) is 4.60. The Balaban J connectivity index is 1.57. The van der Waals surface area contributed by atoms with Crippen LogP contribution in [0.15, 0.2) is 36.1 Å². The normalized spacial score (nSPS) is 27.1. The van der Waals surface area contributed by atoms with Crippen LogP contribution in [0.4, 0.5) is 5.69 Å². The van der Waals surface area contributed by atoms with Gasteiger partial charge in [-0.15, -0.1) is 0 Å². The predicted molar refractivity (Wildman–Crippen MR) is 76.0 cm³/mol. The predicted octanol–water partition coefficient (Wildman–Crippen LogP) is 4.06. The van der Waals surface area contributed by atoms with Gasteiger partial charge in [-0.3, -0.25) is 10.1 Å². The van der Waals surface area contributed by atoms with Crippen LogP contribution in [0.2, 0.25) is 0 Å². The van der Waals surface area contributed by atoms with Crippen LogP contribution in [0.5, 0.6) is 0 Å². The molecule has 0 amide bonds. The minimum Gasteiger partial charge on any atom is -0.493 e. The molecular weight excluding hydrogens is 254 g/mol. The van der Waals surface area contributed by atoms with Gasteiger partial charge in [0.1, 0.15) is 6.61 Å². The zero-order chi connectivity index (χ0) is 14.3. The number of nitro benzene ring substituents is 1. The van der Waals surface area contributed by atoms with Crippen LogP contribution in [0, 0.1) is 27.4 Å². The molecule has 0 saturated heterocycles. The highest BCUT2D eigenvalue weighted by Gasteiger charge is 2.60. The number of nitrogens with zero attached hydrogens (tertiary/aromatic N) is 1. The lowest BCUT2D eigenvalue weighted by atomic mass is 9.90. The molecule has 0 unspecified atom stereocenters. The smallest absolute Gasteiger partial charge is 0.269 e. The first-order chi connectivity index (χ1) is 9.53. The van der Waals surface area contributed by atoms with E-state index in [0.717, 1.165) is 17.7 Å². The summed E-state index contributed by atoms with van der Waals surface area (Å²) in [4.78, 5) is 10.2. The number of hydrogen-bond acceptors (Lipinski definition) is 3. The summed E-state index contributed by atoms with van der Waals surface area (Å²) in [6.45, 7) is 5.06. The van der Waals surface area contributed by atoms with Crippen molar-refractivity contribution < 1.29 is 9.66 Å². The Kier molecular flexibility index (Phi) is 3.04. The van der Waals surface area contributed by atoms with Crippen LogP contribution in [0.1, 0.15) is 32.3 Å². The van der Waals surface area contributed by atoms with E-state index in [1.165, 1.54) is 18.6 Å². The first-order valence-electron chi connectivity index (χ1n) is 7.09. The van der Waals surface area contributed by atoms with Crippen molar-refractivity contribution >= 4 is 5.69 Å². The van der Waals surface area contributed by atoms with Crippen LogP contribution >= 0.6 is 0 Å². The van der Waals surface area contributed by atoms with Gasteiger partial charge in [-0.25, -0.2) is 0 Å². The van der Waals surface area contributed by atoms with E-state index in [0.29, 0.717) is 23.9 Å². The fraction of sp³-hybridized carbons (Fsp3) is 0.500. The zero-order valence-electron chi connectivity index (χ0n) is 11.8. The molecule has 1 aromatic rings. The van der Waals surface area contributed by atoms with Gasteiger partial charge in [0.25, 0.3) is 5.69 Å². The van der Waals surface area contributed by atoms with E-state index in [9.17, 15) is 10.1 Å². The van der Waals surface area contributed by atoms with Crippen LogP contribution in [0.3, 0.4) is 0 Å². The summed E-state index contributed by atoms with van der Waals surface area (Å²) in [5.74, 6) is 2.42. The quantitative estimate of drug-likeness (QED) is 0.600. The highest BCUT2D eigenvalue weighted by atomic mass is 16.6. The van der Waals surface area contributed by atoms with E-state index in [1.807, 2.05) is 0 Å². The molecule has 2 aliphatic carbocycles. The fourth-order valence-corrected chi connectivity index (χ4v) is 3.28. The number of allylic oxidation sites excluding steroid dienone is 2. The Morgan fingerprint density at radius 2 is 2.10 bits per heavy atom. The second-order valence-corrected chi connectivity index (χ2v) is 6.17. The van der Waals surface area contributed by atoms with Crippen LogP contribution < -0.4 is 0 Å². The number of hydrogen-bond donors (Lipinski definition) is 0. The van der Waals surface area contributed by atoms with Gasteiger partial charge in [0.05, 0.1) is 10.7 Å². The molecule has 0 spiro atoms. The highest BCUT2D eigenvalue weighted by Crippen LogP contribution is 2.67. The molecule has 0 N–H and O–H groups in total. The van der Waals surface area contributed by atoms with Crippen molar-refractivity contribution in [3.63, 3.8) is 0 Å². The zero-order valence-corrected chi connectivity index (χ0v) is 11.8. The summed E-state index contributed by atoms with van der Waals surface area (Å²) in [7, 11) is 0. The number of ether oxygens (including phenoxy) is 1. The lowest BCUT2D eigenvalue weighted by molar-refractivity contribution is -0.384. The minimum absolute atomic E-state index is 0.120. The maximum atomic E-state index is 10.6. The van der Waals surface area contributed by atoms with Gasteiger partial charge in [0.15, 0.2) is 0 Å². The summed E-state index contributed by atoms with van der Waals surface area (Å²) in [6, 6.07) is 6.57. The van der Waals surface area contributed by atoms with E-state index in [1.54, 1.807) is 12.1 Å². The molecular formula is C16H19NO3. The van der Waals surface area contributed by atoms with Crippen molar-refractivity contribution in [2.24, 2.45) is 17.3 Å². The van der Waals surface area contributed by atoms with Crippen molar-refractivity contribution in [1.29, 1.82) is 0 Å². The summed E-state index contributed by atoms with van der Waals surface area (Å²) >= 11 is 0. The van der Waals surface area contributed by atoms with Gasteiger partial charge in [-0.1, -0.05) is 13.8 Å². The molecule has 0 bridgehead atoms. The fourth-order valence-electron chi connectivity index (χ4n) is 3.28. The molecule has 0 aromatic heterocycles. The molecule has 4 nitrogen and oxygen atoms in total.